The third kappa shape index (κ3) is 6.51. The molecule has 148 valence electrons. The molecule has 0 bridgehead atoms. The Kier molecular flexibility index (Phi) is 7.74. The second kappa shape index (κ2) is 9.80. The Hall–Kier alpha value is -1.77. The molecule has 1 aliphatic carbocycles. The fourth-order valence-corrected chi connectivity index (χ4v) is 3.07. The predicted molar refractivity (Wildman–Crippen MR) is 93.9 cm³/mol. The molecular formula is C17H28F3N5O. The van der Waals surface area contributed by atoms with Crippen molar-refractivity contribution < 1.29 is 17.9 Å². The van der Waals surface area contributed by atoms with Crippen LogP contribution in [0.3, 0.4) is 0 Å². The van der Waals surface area contributed by atoms with Gasteiger partial charge in [0.1, 0.15) is 0 Å². The lowest BCUT2D eigenvalue weighted by Gasteiger charge is -2.22. The van der Waals surface area contributed by atoms with Crippen molar-refractivity contribution in [3.05, 3.63) is 17.5 Å². The molecule has 0 unspecified atom stereocenters. The normalized spacial score (nSPS) is 16.7. The van der Waals surface area contributed by atoms with Gasteiger partial charge < -0.3 is 15.4 Å². The minimum Gasteiger partial charge on any atom is -0.378 e. The van der Waals surface area contributed by atoms with Crippen LogP contribution in [0.4, 0.5) is 13.2 Å². The summed E-state index contributed by atoms with van der Waals surface area (Å²) >= 11 is 0. The molecule has 0 saturated heterocycles. The highest BCUT2D eigenvalue weighted by Crippen LogP contribution is 2.30. The SMILES string of the molecule is CN=C(NCCCOC1CCCCC1)NCc1cn(C)nc1C(F)(F)F. The summed E-state index contributed by atoms with van der Waals surface area (Å²) in [6.07, 6.45) is 4.17. The van der Waals surface area contributed by atoms with E-state index >= 15 is 0 Å². The minimum atomic E-state index is -4.47. The molecular weight excluding hydrogens is 347 g/mol. The number of aryl methyl sites for hydroxylation is 1. The number of nitrogens with zero attached hydrogens (tertiary/aromatic N) is 3. The zero-order chi connectivity index (χ0) is 19.0. The van der Waals surface area contributed by atoms with Crippen molar-refractivity contribution in [1.29, 1.82) is 0 Å². The number of alkyl halides is 3. The van der Waals surface area contributed by atoms with Gasteiger partial charge in [0.15, 0.2) is 11.7 Å². The quantitative estimate of drug-likeness (QED) is 0.437. The van der Waals surface area contributed by atoms with E-state index < -0.39 is 11.9 Å². The molecule has 0 amide bonds. The van der Waals surface area contributed by atoms with Gasteiger partial charge >= 0.3 is 6.18 Å². The van der Waals surface area contributed by atoms with Crippen LogP contribution in [-0.4, -0.2) is 42.0 Å². The molecule has 9 heteroatoms. The minimum absolute atomic E-state index is 0.000923. The fourth-order valence-electron chi connectivity index (χ4n) is 3.07. The van der Waals surface area contributed by atoms with Crippen LogP contribution in [0.2, 0.25) is 0 Å². The molecule has 0 atom stereocenters. The maximum atomic E-state index is 12.9. The zero-order valence-corrected chi connectivity index (χ0v) is 15.4. The highest BCUT2D eigenvalue weighted by Gasteiger charge is 2.36. The molecule has 2 rings (SSSR count). The van der Waals surface area contributed by atoms with Crippen LogP contribution in [0, 0.1) is 0 Å². The largest absolute Gasteiger partial charge is 0.435 e. The smallest absolute Gasteiger partial charge is 0.378 e. The first-order chi connectivity index (χ1) is 12.4. The number of hydrogen-bond acceptors (Lipinski definition) is 3. The number of hydrogen-bond donors (Lipinski definition) is 2. The van der Waals surface area contributed by atoms with E-state index in [1.54, 1.807) is 7.05 Å². The molecule has 0 aliphatic heterocycles. The lowest BCUT2D eigenvalue weighted by molar-refractivity contribution is -0.142. The maximum absolute atomic E-state index is 12.9. The van der Waals surface area contributed by atoms with Crippen molar-refractivity contribution in [2.45, 2.75) is 57.3 Å². The Morgan fingerprint density at radius 1 is 1.31 bits per heavy atom. The summed E-state index contributed by atoms with van der Waals surface area (Å²) in [5.74, 6) is 0.458. The summed E-state index contributed by atoms with van der Waals surface area (Å²) in [5, 5.41) is 9.48. The highest BCUT2D eigenvalue weighted by molar-refractivity contribution is 5.79. The van der Waals surface area contributed by atoms with Crippen LogP contribution in [0.1, 0.15) is 49.8 Å². The highest BCUT2D eigenvalue weighted by atomic mass is 19.4. The second-order valence-corrected chi connectivity index (χ2v) is 6.51. The lowest BCUT2D eigenvalue weighted by Crippen LogP contribution is -2.38. The first kappa shape index (κ1) is 20.5. The number of aromatic nitrogens is 2. The van der Waals surface area contributed by atoms with E-state index in [0.29, 0.717) is 25.2 Å². The average molecular weight is 375 g/mol. The van der Waals surface area contributed by atoms with Crippen LogP contribution < -0.4 is 10.6 Å². The number of halogens is 3. The molecule has 1 aliphatic rings. The Bertz CT molecular complexity index is 579. The zero-order valence-electron chi connectivity index (χ0n) is 15.4. The molecule has 1 heterocycles. The topological polar surface area (TPSA) is 63.5 Å². The van der Waals surface area contributed by atoms with Crippen molar-refractivity contribution in [2.24, 2.45) is 12.0 Å². The van der Waals surface area contributed by atoms with Gasteiger partial charge in [-0.25, -0.2) is 0 Å². The van der Waals surface area contributed by atoms with Crippen molar-refractivity contribution in [2.75, 3.05) is 20.2 Å². The number of ether oxygens (including phenoxy) is 1. The van der Waals surface area contributed by atoms with Crippen LogP contribution in [-0.2, 0) is 24.5 Å². The molecule has 1 saturated carbocycles. The Balaban J connectivity index is 1.69. The molecule has 1 aromatic heterocycles. The summed E-state index contributed by atoms with van der Waals surface area (Å²) in [7, 11) is 3.06. The van der Waals surface area contributed by atoms with Gasteiger partial charge in [0.05, 0.1) is 6.10 Å². The Labute approximate surface area is 152 Å². The molecule has 2 N–H and O–H groups in total. The first-order valence-corrected chi connectivity index (χ1v) is 9.06. The van der Waals surface area contributed by atoms with Gasteiger partial charge in [-0.1, -0.05) is 19.3 Å². The van der Waals surface area contributed by atoms with E-state index in [4.69, 9.17) is 4.74 Å². The fraction of sp³-hybridized carbons (Fsp3) is 0.765. The summed E-state index contributed by atoms with van der Waals surface area (Å²) in [6, 6.07) is 0. The standard InChI is InChI=1S/C17H28F3N5O/c1-21-16(22-9-6-10-26-14-7-4-3-5-8-14)23-11-13-12-25(2)24-15(13)17(18,19)20/h12,14H,3-11H2,1-2H3,(H2,21,22,23). The number of guanidine groups is 1. The van der Waals surface area contributed by atoms with Gasteiger partial charge in [-0.2, -0.15) is 18.3 Å². The van der Waals surface area contributed by atoms with Gasteiger partial charge in [-0.3, -0.25) is 9.67 Å². The third-order valence-electron chi connectivity index (χ3n) is 4.36. The summed E-state index contributed by atoms with van der Waals surface area (Å²) in [4.78, 5) is 4.03. The van der Waals surface area contributed by atoms with Gasteiger partial charge in [-0.05, 0) is 19.3 Å². The Morgan fingerprint density at radius 2 is 2.04 bits per heavy atom. The van der Waals surface area contributed by atoms with Crippen molar-refractivity contribution >= 4 is 5.96 Å². The molecule has 0 aromatic carbocycles. The van der Waals surface area contributed by atoms with Crippen LogP contribution in [0.15, 0.2) is 11.2 Å². The van der Waals surface area contributed by atoms with Crippen LogP contribution >= 0.6 is 0 Å². The van der Waals surface area contributed by atoms with E-state index in [9.17, 15) is 13.2 Å². The molecule has 1 aromatic rings. The van der Waals surface area contributed by atoms with Gasteiger partial charge in [-0.15, -0.1) is 0 Å². The number of aliphatic imine (C=N–C) groups is 1. The van der Waals surface area contributed by atoms with Crippen molar-refractivity contribution in [3.63, 3.8) is 0 Å². The predicted octanol–water partition coefficient (Wildman–Crippen LogP) is 2.84. The second-order valence-electron chi connectivity index (χ2n) is 6.51. The molecule has 0 radical (unpaired) electrons. The summed E-state index contributed by atoms with van der Waals surface area (Å²) in [6.45, 7) is 1.32. The van der Waals surface area contributed by atoms with Crippen molar-refractivity contribution in [3.8, 4) is 0 Å². The molecule has 6 nitrogen and oxygen atoms in total. The van der Waals surface area contributed by atoms with Gasteiger partial charge in [0.25, 0.3) is 0 Å². The van der Waals surface area contributed by atoms with Gasteiger partial charge in [0, 0.05) is 45.6 Å². The average Bonchev–Trinajstić information content (AvgIpc) is 2.99. The van der Waals surface area contributed by atoms with Crippen molar-refractivity contribution in [1.82, 2.24) is 20.4 Å². The monoisotopic (exact) mass is 375 g/mol. The third-order valence-corrected chi connectivity index (χ3v) is 4.36. The van der Waals surface area contributed by atoms with E-state index in [1.807, 2.05) is 0 Å². The van der Waals surface area contributed by atoms with Crippen LogP contribution in [0.25, 0.3) is 0 Å². The van der Waals surface area contributed by atoms with E-state index in [2.05, 4.69) is 20.7 Å². The first-order valence-electron chi connectivity index (χ1n) is 9.06. The Morgan fingerprint density at radius 3 is 2.69 bits per heavy atom. The number of rotatable bonds is 7. The maximum Gasteiger partial charge on any atom is 0.435 e. The van der Waals surface area contributed by atoms with E-state index in [1.165, 1.54) is 37.2 Å². The molecule has 0 spiro atoms. The van der Waals surface area contributed by atoms with E-state index in [-0.39, 0.29) is 12.1 Å². The number of nitrogens with one attached hydrogen (secondary N) is 2. The van der Waals surface area contributed by atoms with Gasteiger partial charge in [0.2, 0.25) is 0 Å². The molecule has 26 heavy (non-hydrogen) atoms. The molecule has 1 fully saturated rings. The summed E-state index contributed by atoms with van der Waals surface area (Å²) < 4.78 is 45.8. The van der Waals surface area contributed by atoms with Crippen LogP contribution in [0.5, 0.6) is 0 Å². The summed E-state index contributed by atoms with van der Waals surface area (Å²) in [5.41, 5.74) is -0.785. The lowest BCUT2D eigenvalue weighted by atomic mass is 9.98. The van der Waals surface area contributed by atoms with E-state index in [0.717, 1.165) is 19.3 Å².